The lowest BCUT2D eigenvalue weighted by Gasteiger charge is -2.44. The number of thiazole rings is 1. The summed E-state index contributed by atoms with van der Waals surface area (Å²) < 4.78 is 0. The number of anilines is 1. The van der Waals surface area contributed by atoms with Crippen molar-refractivity contribution in [2.75, 3.05) is 62.3 Å². The van der Waals surface area contributed by atoms with Gasteiger partial charge in [-0.3, -0.25) is 28.9 Å². The number of aromatic nitrogens is 5. The lowest BCUT2D eigenvalue weighted by Crippen LogP contribution is -2.54. The van der Waals surface area contributed by atoms with Crippen LogP contribution in [0.15, 0.2) is 66.3 Å². The number of aliphatic hydroxyl groups excluding tert-OH is 1. The molecule has 3 aromatic carbocycles. The van der Waals surface area contributed by atoms with Crippen molar-refractivity contribution >= 4 is 57.3 Å². The number of aryl methyl sites for hydroxylation is 3. The second-order valence-electron chi connectivity index (χ2n) is 23.9. The van der Waals surface area contributed by atoms with Gasteiger partial charge in [0.2, 0.25) is 23.6 Å². The van der Waals surface area contributed by atoms with Gasteiger partial charge in [-0.1, -0.05) is 71.9 Å². The van der Waals surface area contributed by atoms with Gasteiger partial charge in [0.25, 0.3) is 0 Å². The van der Waals surface area contributed by atoms with Crippen LogP contribution >= 0.6 is 11.3 Å². The topological polar surface area (TPSA) is 217 Å². The predicted octanol–water partition coefficient (Wildman–Crippen LogP) is 7.59. The quantitative estimate of drug-likeness (QED) is 0.0759. The van der Waals surface area contributed by atoms with E-state index in [0.717, 1.165) is 94.9 Å². The fraction of sp³-hybridized carbons (Fsp3) is 0.500. The van der Waals surface area contributed by atoms with Crippen molar-refractivity contribution in [3.05, 3.63) is 117 Å². The van der Waals surface area contributed by atoms with Gasteiger partial charge in [0.1, 0.15) is 6.04 Å². The number of piperidine rings is 1. The van der Waals surface area contributed by atoms with Crippen LogP contribution in [0.3, 0.4) is 0 Å². The normalized spacial score (nSPS) is 18.5. The molecule has 1 aliphatic carbocycles. The summed E-state index contributed by atoms with van der Waals surface area (Å²) in [7, 11) is 0. The van der Waals surface area contributed by atoms with Crippen LogP contribution < -0.4 is 15.2 Å². The Bertz CT molecular complexity index is 3370. The third-order valence-electron chi connectivity index (χ3n) is 17.2. The predicted molar refractivity (Wildman–Crippen MR) is 312 cm³/mol. The summed E-state index contributed by atoms with van der Waals surface area (Å²) in [6.07, 6.45) is 6.24. The molecule has 0 unspecified atom stereocenters. The van der Waals surface area contributed by atoms with Crippen LogP contribution in [0.4, 0.5) is 5.69 Å². The number of rotatable bonds is 18. The van der Waals surface area contributed by atoms with Crippen molar-refractivity contribution in [2.24, 2.45) is 5.41 Å². The number of carbonyl (C=O) groups excluding carboxylic acids is 5. The Labute approximate surface area is 478 Å². The van der Waals surface area contributed by atoms with Crippen LogP contribution in [0, 0.1) is 23.7 Å². The number of β-amino-alcohol motifs (C(OH)–C–C–N with tert-alkyl or cyclic N) is 1. The first-order valence-electron chi connectivity index (χ1n) is 28.9. The van der Waals surface area contributed by atoms with Gasteiger partial charge in [0.15, 0.2) is 5.78 Å². The van der Waals surface area contributed by atoms with Crippen LogP contribution in [0.2, 0.25) is 0 Å². The third-order valence-corrected chi connectivity index (χ3v) is 18.2. The fourth-order valence-electron chi connectivity index (χ4n) is 12.7. The molecule has 0 saturated carbocycles. The van der Waals surface area contributed by atoms with Crippen molar-refractivity contribution in [1.82, 2.24) is 45.1 Å². The largest absolute Gasteiger partial charge is 0.391 e. The lowest BCUT2D eigenvalue weighted by atomic mass is 9.70. The highest BCUT2D eigenvalue weighted by molar-refractivity contribution is 7.13. The summed E-state index contributed by atoms with van der Waals surface area (Å²) in [5.41, 5.74) is 11.4. The molecule has 6 heterocycles. The minimum Gasteiger partial charge on any atom is -0.391 e. The first-order chi connectivity index (χ1) is 38.9. The molecule has 10 rings (SSSR count). The molecule has 6 aromatic rings. The molecule has 18 nitrogen and oxygen atoms in total. The van der Waals surface area contributed by atoms with E-state index in [1.165, 1.54) is 26.0 Å². The second kappa shape index (κ2) is 23.7. The Morgan fingerprint density at radius 3 is 2.42 bits per heavy atom. The molecular weight excluding hydrogens is 1040 g/mol. The van der Waals surface area contributed by atoms with E-state index < -0.39 is 23.0 Å². The van der Waals surface area contributed by atoms with Gasteiger partial charge in [-0.2, -0.15) is 10.1 Å². The molecule has 0 radical (unpaired) electrons. The van der Waals surface area contributed by atoms with Gasteiger partial charge in [0, 0.05) is 117 Å². The van der Waals surface area contributed by atoms with Crippen molar-refractivity contribution < 1.29 is 29.1 Å². The minimum atomic E-state index is -0.833. The Morgan fingerprint density at radius 1 is 0.975 bits per heavy atom. The first kappa shape index (κ1) is 57.0. The van der Waals surface area contributed by atoms with E-state index in [-0.39, 0.29) is 68.3 Å². The zero-order chi connectivity index (χ0) is 57.3. The number of hydrogen-bond acceptors (Lipinski definition) is 13. The standard InChI is InChI=1S/C62H76N12O6S/c1-8-11-54(77)73(37-61(4,5)32-55(78)72-36-46(75)30-52(72)60(80)64-34-40-14-17-43(18-15-40)58-39(3)65-38-81-58)74-35-44(67-68-74)12-10-13-53(76)71-26-24-69(25-27-71)45-20-22-70(23-21-45)51-31-49-48(29-42(51)9-2)57(79)56-47-19-16-41(33-63)28-50(47)66-59(56)62(49,6)7/h14-19,28-29,31,35,38,45-46,52,66,75H,8-13,20-27,30,32,34,36-37H2,1-7H3,(H,64,80)/t46-,52+/m1/s1. The molecule has 4 aliphatic rings. The zero-order valence-corrected chi connectivity index (χ0v) is 48.7. The van der Waals surface area contributed by atoms with Crippen molar-refractivity contribution in [3.8, 4) is 16.5 Å². The van der Waals surface area contributed by atoms with Gasteiger partial charge in [-0.25, -0.2) is 9.99 Å². The summed E-state index contributed by atoms with van der Waals surface area (Å²) in [4.78, 5) is 87.9. The summed E-state index contributed by atoms with van der Waals surface area (Å²) in [6, 6.07) is 19.7. The Morgan fingerprint density at radius 2 is 1.73 bits per heavy atom. The number of amides is 4. The molecule has 3 N–H and O–H groups in total. The molecule has 4 amide bonds. The maximum absolute atomic E-state index is 14.2. The second-order valence-corrected chi connectivity index (χ2v) is 24.7. The average Bonchev–Trinajstić information content (AvgIpc) is 4.50. The van der Waals surface area contributed by atoms with Crippen LogP contribution in [0.5, 0.6) is 0 Å². The number of fused-ring (bicyclic) bond motifs is 4. The number of piperazine rings is 1. The van der Waals surface area contributed by atoms with Gasteiger partial charge in [-0.15, -0.1) is 16.4 Å². The van der Waals surface area contributed by atoms with Gasteiger partial charge in [0.05, 0.1) is 57.8 Å². The average molecular weight is 1120 g/mol. The number of H-pyrrole nitrogens is 1. The van der Waals surface area contributed by atoms with Crippen molar-refractivity contribution in [1.29, 1.82) is 5.26 Å². The third kappa shape index (κ3) is 11.9. The molecule has 81 heavy (non-hydrogen) atoms. The number of ketones is 1. The van der Waals surface area contributed by atoms with Crippen LogP contribution in [0.25, 0.3) is 21.3 Å². The maximum atomic E-state index is 14.2. The van der Waals surface area contributed by atoms with E-state index in [9.17, 15) is 34.3 Å². The van der Waals surface area contributed by atoms with Crippen molar-refractivity contribution in [3.63, 3.8) is 0 Å². The number of hydrogen-bond donors (Lipinski definition) is 3. The summed E-state index contributed by atoms with van der Waals surface area (Å²) in [5.74, 6) is -0.618. The highest BCUT2D eigenvalue weighted by atomic mass is 32.1. The number of nitrogens with one attached hydrogen (secondary N) is 2. The number of aliphatic hydroxyl groups is 1. The molecule has 0 bridgehead atoms. The van der Waals surface area contributed by atoms with Gasteiger partial charge >= 0.3 is 0 Å². The maximum Gasteiger partial charge on any atom is 0.243 e. The summed E-state index contributed by atoms with van der Waals surface area (Å²) >= 11 is 1.58. The smallest absolute Gasteiger partial charge is 0.243 e. The number of likely N-dealkylation sites (tertiary alicyclic amines) is 1. The molecule has 3 fully saturated rings. The van der Waals surface area contributed by atoms with Crippen molar-refractivity contribution in [2.45, 2.75) is 143 Å². The molecular formula is C62H76N12O6S. The number of nitrogens with zero attached hydrogens (tertiary/aromatic N) is 10. The minimum absolute atomic E-state index is 0.0247. The van der Waals surface area contributed by atoms with E-state index in [0.29, 0.717) is 61.6 Å². The summed E-state index contributed by atoms with van der Waals surface area (Å²) in [5, 5.41) is 34.3. The summed E-state index contributed by atoms with van der Waals surface area (Å²) in [6.45, 7) is 19.5. The molecule has 0 spiro atoms. The molecule has 426 valence electrons. The van der Waals surface area contributed by atoms with Gasteiger partial charge in [-0.05, 0) is 103 Å². The first-order valence-corrected chi connectivity index (χ1v) is 29.8. The highest BCUT2D eigenvalue weighted by Gasteiger charge is 2.43. The molecule has 3 aliphatic heterocycles. The molecule has 3 aromatic heterocycles. The van der Waals surface area contributed by atoms with Crippen LogP contribution in [0.1, 0.15) is 148 Å². The zero-order valence-electron chi connectivity index (χ0n) is 47.9. The van der Waals surface area contributed by atoms with Gasteiger partial charge < -0.3 is 30.1 Å². The number of aromatic amines is 1. The van der Waals surface area contributed by atoms with E-state index >= 15 is 0 Å². The van der Waals surface area contributed by atoms with E-state index in [4.69, 9.17) is 0 Å². The molecule has 3 saturated heterocycles. The van der Waals surface area contributed by atoms with E-state index in [1.807, 2.05) is 74.5 Å². The Kier molecular flexibility index (Phi) is 16.7. The highest BCUT2D eigenvalue weighted by Crippen LogP contribution is 2.46. The number of carbonyl (C=O) groups is 5. The number of benzene rings is 3. The number of nitriles is 1. The fourth-order valence-corrected chi connectivity index (χ4v) is 13.5. The molecule has 19 heteroatoms. The lowest BCUT2D eigenvalue weighted by molar-refractivity contribution is -0.140. The Hall–Kier alpha value is -7.27. The van der Waals surface area contributed by atoms with Crippen LogP contribution in [-0.4, -0.2) is 145 Å². The Balaban J connectivity index is 0.682. The van der Waals surface area contributed by atoms with E-state index in [2.05, 4.69) is 74.4 Å². The SMILES string of the molecule is CCCC(=O)N(CC(C)(C)CC(=O)N1C[C@H](O)C[C@H]1C(=O)NCc1ccc(-c2scnc2C)cc1)n1cc(CCCC(=O)N2CCN(C3CCN(c4cc5c(cc4CC)C(=O)c4c([nH]c6cc(C#N)ccc46)C5(C)C)CC3)CC2)nn1. The van der Waals surface area contributed by atoms with Crippen LogP contribution in [-0.2, 0) is 44.0 Å². The molecule has 2 atom stereocenters. The van der Waals surface area contributed by atoms with E-state index in [1.54, 1.807) is 23.6 Å². The monoisotopic (exact) mass is 1120 g/mol.